The Morgan fingerprint density at radius 3 is 2.44 bits per heavy atom. The molecule has 0 bridgehead atoms. The first-order valence-corrected chi connectivity index (χ1v) is 7.68. The van der Waals surface area contributed by atoms with Gasteiger partial charge >= 0.3 is 41.6 Å². The molecule has 27 heavy (non-hydrogen) atoms. The first kappa shape index (κ1) is 20.8. The van der Waals surface area contributed by atoms with Crippen LogP contribution in [0, 0.1) is 0 Å². The summed E-state index contributed by atoms with van der Waals surface area (Å²) >= 11 is 5.83. The third-order valence-electron chi connectivity index (χ3n) is 3.43. The van der Waals surface area contributed by atoms with E-state index in [1.165, 1.54) is 42.7 Å². The Morgan fingerprint density at radius 2 is 1.74 bits per heavy atom. The van der Waals surface area contributed by atoms with Crippen molar-refractivity contribution in [2.45, 2.75) is 0 Å². The number of aromatic carboxylic acids is 1. The number of aromatic nitrogens is 2. The van der Waals surface area contributed by atoms with Gasteiger partial charge in [-0.1, -0.05) is 17.7 Å². The molecule has 0 fully saturated rings. The number of carboxylic acids is 1. The van der Waals surface area contributed by atoms with E-state index in [1.807, 2.05) is 0 Å². The van der Waals surface area contributed by atoms with Crippen LogP contribution >= 0.6 is 11.6 Å². The molecule has 0 atom stereocenters. The van der Waals surface area contributed by atoms with Crippen LogP contribution in [0.2, 0.25) is 5.02 Å². The van der Waals surface area contributed by atoms with E-state index in [-0.39, 0.29) is 52.8 Å². The molecule has 0 saturated heterocycles. The standard InChI is InChI=1S/C17H11ClN4O4.Na.H/c18-10-2-1-3-12(14(10)16(24)25)21-17(26)22-15(23)9-4-5-11-13(8-9)20-7-6-19-11;;/h1-8H,(H,24,25)(H2,21,22,23,26);;/q;+1;-1. The first-order valence-electron chi connectivity index (χ1n) is 7.30. The second kappa shape index (κ2) is 8.92. The molecule has 10 heteroatoms. The van der Waals surface area contributed by atoms with Gasteiger partial charge < -0.3 is 11.8 Å². The van der Waals surface area contributed by atoms with Crippen LogP contribution in [-0.2, 0) is 0 Å². The minimum absolute atomic E-state index is 0. The second-order valence-electron chi connectivity index (χ2n) is 5.14. The monoisotopic (exact) mass is 394 g/mol. The zero-order valence-electron chi connectivity index (χ0n) is 15.1. The number of nitrogens with one attached hydrogen (secondary N) is 2. The summed E-state index contributed by atoms with van der Waals surface area (Å²) in [6.07, 6.45) is 3.02. The van der Waals surface area contributed by atoms with E-state index in [9.17, 15) is 19.5 Å². The fraction of sp³-hybridized carbons (Fsp3) is 0. The summed E-state index contributed by atoms with van der Waals surface area (Å²) in [5.41, 5.74) is 1.03. The molecule has 1 aromatic heterocycles. The van der Waals surface area contributed by atoms with Gasteiger partial charge in [0.1, 0.15) is 5.56 Å². The number of nitrogens with zero attached hydrogens (tertiary/aromatic N) is 2. The Kier molecular flexibility index (Phi) is 6.86. The molecule has 3 amide bonds. The van der Waals surface area contributed by atoms with Crippen LogP contribution in [0.3, 0.4) is 0 Å². The summed E-state index contributed by atoms with van der Waals surface area (Å²) in [6.45, 7) is 0. The van der Waals surface area contributed by atoms with Crippen LogP contribution in [0.4, 0.5) is 10.5 Å². The molecule has 0 aliphatic carbocycles. The van der Waals surface area contributed by atoms with Crippen molar-refractivity contribution in [3.8, 4) is 0 Å². The van der Waals surface area contributed by atoms with Gasteiger partial charge in [-0.05, 0) is 30.3 Å². The Balaban J connectivity index is 0.00000196. The Morgan fingerprint density at radius 1 is 1.04 bits per heavy atom. The summed E-state index contributed by atoms with van der Waals surface area (Å²) in [4.78, 5) is 43.7. The molecule has 1 heterocycles. The average Bonchev–Trinajstić information content (AvgIpc) is 2.60. The van der Waals surface area contributed by atoms with Gasteiger partial charge in [0.25, 0.3) is 5.91 Å². The van der Waals surface area contributed by atoms with E-state index < -0.39 is 17.9 Å². The second-order valence-corrected chi connectivity index (χ2v) is 5.54. The number of hydrogen-bond donors (Lipinski definition) is 3. The van der Waals surface area contributed by atoms with Crippen LogP contribution in [0.1, 0.15) is 22.1 Å². The summed E-state index contributed by atoms with van der Waals surface area (Å²) in [7, 11) is 0. The topological polar surface area (TPSA) is 121 Å². The fourth-order valence-corrected chi connectivity index (χ4v) is 2.53. The minimum Gasteiger partial charge on any atom is -1.00 e. The molecular weight excluding hydrogens is 383 g/mol. The van der Waals surface area contributed by atoms with Crippen molar-refractivity contribution in [3.63, 3.8) is 0 Å². The van der Waals surface area contributed by atoms with Gasteiger partial charge in [-0.2, -0.15) is 0 Å². The molecule has 3 N–H and O–H groups in total. The van der Waals surface area contributed by atoms with E-state index in [1.54, 1.807) is 6.07 Å². The number of benzene rings is 2. The van der Waals surface area contributed by atoms with Gasteiger partial charge in [0.2, 0.25) is 0 Å². The number of urea groups is 1. The Hall–Kier alpha value is -2.52. The molecule has 2 aromatic carbocycles. The van der Waals surface area contributed by atoms with Gasteiger partial charge in [0, 0.05) is 18.0 Å². The van der Waals surface area contributed by atoms with Crippen LogP contribution < -0.4 is 40.2 Å². The third-order valence-corrected chi connectivity index (χ3v) is 3.75. The van der Waals surface area contributed by atoms with Crippen molar-refractivity contribution >= 4 is 46.2 Å². The van der Waals surface area contributed by atoms with Crippen molar-refractivity contribution in [3.05, 3.63) is 64.9 Å². The number of anilines is 1. The van der Waals surface area contributed by atoms with E-state index >= 15 is 0 Å². The normalized spacial score (nSPS) is 9.96. The number of carboxylic acid groups (broad SMARTS) is 1. The molecule has 3 rings (SSSR count). The summed E-state index contributed by atoms with van der Waals surface area (Å²) in [5, 5.41) is 13.6. The molecule has 0 saturated carbocycles. The quantitative estimate of drug-likeness (QED) is 0.540. The summed E-state index contributed by atoms with van der Waals surface area (Å²) < 4.78 is 0. The van der Waals surface area contributed by atoms with Gasteiger partial charge in [0.15, 0.2) is 0 Å². The van der Waals surface area contributed by atoms with Crippen molar-refractivity contribution in [1.82, 2.24) is 15.3 Å². The van der Waals surface area contributed by atoms with Crippen molar-refractivity contribution < 1.29 is 50.5 Å². The maximum Gasteiger partial charge on any atom is 1.00 e. The maximum atomic E-state index is 12.2. The number of imide groups is 1. The molecule has 0 radical (unpaired) electrons. The van der Waals surface area contributed by atoms with Gasteiger partial charge in [0.05, 0.1) is 21.7 Å². The number of fused-ring (bicyclic) bond motifs is 1. The minimum atomic E-state index is -1.30. The van der Waals surface area contributed by atoms with Crippen LogP contribution in [-0.4, -0.2) is 33.0 Å². The molecule has 0 unspecified atom stereocenters. The predicted molar refractivity (Wildman–Crippen MR) is 95.5 cm³/mol. The maximum absolute atomic E-state index is 12.2. The smallest absolute Gasteiger partial charge is 1.00 e. The number of carbonyl (C=O) groups is 3. The third kappa shape index (κ3) is 4.81. The van der Waals surface area contributed by atoms with Gasteiger partial charge in [-0.25, -0.2) is 9.59 Å². The SMILES string of the molecule is O=C(NC(=O)c1ccc2nccnc2c1)Nc1cccc(Cl)c1C(=O)O.[H-].[Na+]. The molecular formula is C17H12ClN4NaO4. The molecule has 0 aliphatic rings. The van der Waals surface area contributed by atoms with Crippen molar-refractivity contribution in [1.29, 1.82) is 0 Å². The average molecular weight is 395 g/mol. The number of hydrogen-bond acceptors (Lipinski definition) is 5. The molecule has 0 spiro atoms. The summed E-state index contributed by atoms with van der Waals surface area (Å²) in [6, 6.07) is 7.94. The molecule has 0 aliphatic heterocycles. The van der Waals surface area contributed by atoms with E-state index in [4.69, 9.17) is 11.6 Å². The van der Waals surface area contributed by atoms with Crippen molar-refractivity contribution in [2.24, 2.45) is 0 Å². The van der Waals surface area contributed by atoms with E-state index in [0.29, 0.717) is 11.0 Å². The summed E-state index contributed by atoms with van der Waals surface area (Å²) in [5.74, 6) is -1.97. The molecule has 8 nitrogen and oxygen atoms in total. The number of carbonyl (C=O) groups excluding carboxylic acids is 2. The Labute approximate surface area is 181 Å². The van der Waals surface area contributed by atoms with Crippen molar-refractivity contribution in [2.75, 3.05) is 5.32 Å². The molecule has 132 valence electrons. The number of amides is 3. The zero-order chi connectivity index (χ0) is 18.7. The fourth-order valence-electron chi connectivity index (χ4n) is 2.28. The number of rotatable bonds is 3. The van der Waals surface area contributed by atoms with E-state index in [2.05, 4.69) is 20.6 Å². The van der Waals surface area contributed by atoms with E-state index in [0.717, 1.165) is 0 Å². The number of halogens is 1. The molecule has 3 aromatic rings. The van der Waals surface area contributed by atoms with Crippen LogP contribution in [0.25, 0.3) is 11.0 Å². The van der Waals surface area contributed by atoms with Gasteiger partial charge in [-0.15, -0.1) is 0 Å². The first-order chi connectivity index (χ1) is 12.5. The predicted octanol–water partition coefficient (Wildman–Crippen LogP) is 0.0598. The van der Waals surface area contributed by atoms with Crippen LogP contribution in [0.15, 0.2) is 48.8 Å². The van der Waals surface area contributed by atoms with Gasteiger partial charge in [-0.3, -0.25) is 20.1 Å². The van der Waals surface area contributed by atoms with Crippen LogP contribution in [0.5, 0.6) is 0 Å². The zero-order valence-corrected chi connectivity index (χ0v) is 16.8. The Bertz CT molecular complexity index is 1050. The largest absolute Gasteiger partial charge is 1.00 e.